The van der Waals surface area contributed by atoms with Crippen molar-refractivity contribution in [3.05, 3.63) is 98.5 Å². The average Bonchev–Trinajstić information content (AvgIpc) is 2.78. The first-order valence-corrected chi connectivity index (χ1v) is 10.6. The van der Waals surface area contributed by atoms with Crippen LogP contribution in [0.1, 0.15) is 30.9 Å². The summed E-state index contributed by atoms with van der Waals surface area (Å²) in [7, 11) is 0. The van der Waals surface area contributed by atoms with Crippen molar-refractivity contribution in [2.24, 2.45) is 0 Å². The summed E-state index contributed by atoms with van der Waals surface area (Å²) < 4.78 is 36.0. The molecule has 1 aliphatic heterocycles. The van der Waals surface area contributed by atoms with Crippen molar-refractivity contribution >= 4 is 5.97 Å². The SMILES string of the molecule is CC1=C(C(=O)OCCNCc2ccccc2)C(c2ccccc2OC(F)F)C([N+](=O)[O-])=C(C)N1. The molecule has 0 amide bonds. The first kappa shape index (κ1) is 24.8. The van der Waals surface area contributed by atoms with E-state index in [2.05, 4.69) is 15.4 Å². The highest BCUT2D eigenvalue weighted by Crippen LogP contribution is 2.42. The van der Waals surface area contributed by atoms with Gasteiger partial charge in [0.15, 0.2) is 0 Å². The van der Waals surface area contributed by atoms with Gasteiger partial charge in [0.05, 0.1) is 16.2 Å². The van der Waals surface area contributed by atoms with Crippen LogP contribution in [0.25, 0.3) is 0 Å². The van der Waals surface area contributed by atoms with E-state index in [4.69, 9.17) is 4.74 Å². The van der Waals surface area contributed by atoms with Crippen LogP contribution in [-0.4, -0.2) is 30.7 Å². The van der Waals surface area contributed by atoms with Crippen LogP contribution in [0.5, 0.6) is 5.75 Å². The van der Waals surface area contributed by atoms with Crippen molar-refractivity contribution in [3.8, 4) is 5.75 Å². The van der Waals surface area contributed by atoms with Crippen LogP contribution in [0, 0.1) is 10.1 Å². The third-order valence-electron chi connectivity index (χ3n) is 5.27. The molecule has 2 aromatic rings. The lowest BCUT2D eigenvalue weighted by molar-refractivity contribution is -0.431. The number of ether oxygens (including phenoxy) is 2. The van der Waals surface area contributed by atoms with E-state index in [1.54, 1.807) is 6.92 Å². The van der Waals surface area contributed by atoms with Gasteiger partial charge in [0.1, 0.15) is 18.3 Å². The lowest BCUT2D eigenvalue weighted by Crippen LogP contribution is -2.32. The predicted molar refractivity (Wildman–Crippen MR) is 120 cm³/mol. The third-order valence-corrected chi connectivity index (χ3v) is 5.27. The second-order valence-corrected chi connectivity index (χ2v) is 7.58. The Morgan fingerprint density at radius 2 is 1.79 bits per heavy atom. The van der Waals surface area contributed by atoms with Crippen LogP contribution < -0.4 is 15.4 Å². The predicted octanol–water partition coefficient (Wildman–Crippen LogP) is 4.09. The quantitative estimate of drug-likeness (QED) is 0.232. The van der Waals surface area contributed by atoms with E-state index < -0.39 is 23.4 Å². The Balaban J connectivity index is 1.82. The molecule has 0 bridgehead atoms. The molecule has 0 saturated carbocycles. The monoisotopic (exact) mass is 473 g/mol. The average molecular weight is 473 g/mol. The fourth-order valence-corrected chi connectivity index (χ4v) is 3.84. The summed E-state index contributed by atoms with van der Waals surface area (Å²) >= 11 is 0. The second-order valence-electron chi connectivity index (χ2n) is 7.58. The fourth-order valence-electron chi connectivity index (χ4n) is 3.84. The third kappa shape index (κ3) is 5.96. The van der Waals surface area contributed by atoms with Crippen LogP contribution in [0.15, 0.2) is 77.3 Å². The number of hydrogen-bond acceptors (Lipinski definition) is 7. The minimum absolute atomic E-state index is 0.0147. The molecule has 3 rings (SSSR count). The number of carbonyl (C=O) groups is 1. The van der Waals surface area contributed by atoms with Crippen LogP contribution in [0.2, 0.25) is 0 Å². The molecule has 8 nitrogen and oxygen atoms in total. The summed E-state index contributed by atoms with van der Waals surface area (Å²) in [5.74, 6) is -2.29. The van der Waals surface area contributed by atoms with Crippen molar-refractivity contribution in [1.82, 2.24) is 10.6 Å². The Hall–Kier alpha value is -3.79. The summed E-state index contributed by atoms with van der Waals surface area (Å²) in [6.45, 7) is 0.877. The number of benzene rings is 2. The standard InChI is InChI=1S/C24H25F2N3O5/c1-15-20(23(30)33-13-12-27-14-17-8-4-3-5-9-17)21(22(29(31)32)16(2)28-15)18-10-6-7-11-19(18)34-24(25)26/h3-11,21,24,27-28H,12-14H2,1-2H3. The maximum atomic E-state index is 13.1. The number of esters is 1. The highest BCUT2D eigenvalue weighted by Gasteiger charge is 2.42. The summed E-state index contributed by atoms with van der Waals surface area (Å²) in [4.78, 5) is 24.3. The summed E-state index contributed by atoms with van der Waals surface area (Å²) in [5, 5.41) is 17.9. The van der Waals surface area contributed by atoms with E-state index in [0.29, 0.717) is 18.8 Å². The van der Waals surface area contributed by atoms with Crippen LogP contribution in [0.4, 0.5) is 8.78 Å². The Kier molecular flexibility index (Phi) is 8.31. The molecule has 1 heterocycles. The lowest BCUT2D eigenvalue weighted by Gasteiger charge is -2.27. The Bertz CT molecular complexity index is 1100. The molecule has 0 radical (unpaired) electrons. The zero-order valence-corrected chi connectivity index (χ0v) is 18.7. The highest BCUT2D eigenvalue weighted by molar-refractivity contribution is 5.92. The molecule has 0 aromatic heterocycles. The molecule has 0 fully saturated rings. The summed E-state index contributed by atoms with van der Waals surface area (Å²) in [5.41, 5.74) is 1.29. The Morgan fingerprint density at radius 3 is 2.47 bits per heavy atom. The van der Waals surface area contributed by atoms with Crippen molar-refractivity contribution in [2.45, 2.75) is 32.9 Å². The molecule has 34 heavy (non-hydrogen) atoms. The number of nitro groups is 1. The maximum Gasteiger partial charge on any atom is 0.387 e. The van der Waals surface area contributed by atoms with Gasteiger partial charge in [-0.05, 0) is 25.5 Å². The first-order chi connectivity index (χ1) is 16.3. The molecule has 1 aliphatic rings. The van der Waals surface area contributed by atoms with E-state index in [1.165, 1.54) is 31.2 Å². The minimum atomic E-state index is -3.14. The van der Waals surface area contributed by atoms with E-state index >= 15 is 0 Å². The van der Waals surface area contributed by atoms with Crippen molar-refractivity contribution < 1.29 is 28.0 Å². The smallest absolute Gasteiger partial charge is 0.387 e. The topological polar surface area (TPSA) is 103 Å². The number of hydrogen-bond donors (Lipinski definition) is 2. The van der Waals surface area contributed by atoms with E-state index in [9.17, 15) is 23.7 Å². The molecule has 1 unspecified atom stereocenters. The molecule has 180 valence electrons. The zero-order chi connectivity index (χ0) is 24.7. The molecule has 0 spiro atoms. The molecular weight excluding hydrogens is 448 g/mol. The number of carbonyl (C=O) groups excluding carboxylic acids is 1. The Labute approximate surface area is 195 Å². The zero-order valence-electron chi connectivity index (χ0n) is 18.7. The van der Waals surface area contributed by atoms with Crippen LogP contribution in [0.3, 0.4) is 0 Å². The van der Waals surface area contributed by atoms with Crippen molar-refractivity contribution in [2.75, 3.05) is 13.2 Å². The first-order valence-electron chi connectivity index (χ1n) is 10.6. The number of alkyl halides is 2. The second kappa shape index (κ2) is 11.4. The lowest BCUT2D eigenvalue weighted by atomic mass is 9.83. The van der Waals surface area contributed by atoms with Gasteiger partial charge < -0.3 is 20.1 Å². The van der Waals surface area contributed by atoms with Gasteiger partial charge in [0.2, 0.25) is 0 Å². The molecule has 2 N–H and O–H groups in total. The van der Waals surface area contributed by atoms with Gasteiger partial charge in [-0.3, -0.25) is 10.1 Å². The van der Waals surface area contributed by atoms with E-state index in [-0.39, 0.29) is 34.9 Å². The van der Waals surface area contributed by atoms with Gasteiger partial charge >= 0.3 is 12.6 Å². The fraction of sp³-hybridized carbons (Fsp3) is 0.292. The molecule has 10 heteroatoms. The number of dihydropyridines is 1. The van der Waals surface area contributed by atoms with Gasteiger partial charge in [-0.25, -0.2) is 4.79 Å². The minimum Gasteiger partial charge on any atom is -0.461 e. The summed E-state index contributed by atoms with van der Waals surface area (Å²) in [6, 6.07) is 15.4. The van der Waals surface area contributed by atoms with Crippen molar-refractivity contribution in [3.63, 3.8) is 0 Å². The van der Waals surface area contributed by atoms with Gasteiger partial charge in [0.25, 0.3) is 5.70 Å². The molecular formula is C24H25F2N3O5. The largest absolute Gasteiger partial charge is 0.461 e. The van der Waals surface area contributed by atoms with Gasteiger partial charge in [-0.2, -0.15) is 8.78 Å². The number of nitrogens with zero attached hydrogens (tertiary/aromatic N) is 1. The number of nitrogens with one attached hydrogen (secondary N) is 2. The maximum absolute atomic E-state index is 13.1. The van der Waals surface area contributed by atoms with Gasteiger partial charge in [-0.15, -0.1) is 0 Å². The number of halogens is 2. The van der Waals surface area contributed by atoms with Gasteiger partial charge in [0, 0.05) is 24.4 Å². The van der Waals surface area contributed by atoms with E-state index in [0.717, 1.165) is 5.56 Å². The number of rotatable bonds is 10. The van der Waals surface area contributed by atoms with Gasteiger partial charge in [-0.1, -0.05) is 48.5 Å². The van der Waals surface area contributed by atoms with Crippen LogP contribution >= 0.6 is 0 Å². The molecule has 0 saturated heterocycles. The normalized spacial score (nSPS) is 15.9. The number of allylic oxidation sites excluding steroid dienone is 3. The van der Waals surface area contributed by atoms with Crippen molar-refractivity contribution in [1.29, 1.82) is 0 Å². The summed E-state index contributed by atoms with van der Waals surface area (Å²) in [6.07, 6.45) is 0. The van der Waals surface area contributed by atoms with Crippen LogP contribution in [-0.2, 0) is 16.1 Å². The Morgan fingerprint density at radius 1 is 1.12 bits per heavy atom. The van der Waals surface area contributed by atoms with E-state index in [1.807, 2.05) is 30.3 Å². The molecule has 2 aromatic carbocycles. The molecule has 1 atom stereocenters. The molecule has 0 aliphatic carbocycles. The number of para-hydroxylation sites is 1. The highest BCUT2D eigenvalue weighted by atomic mass is 19.3.